The van der Waals surface area contributed by atoms with Crippen molar-refractivity contribution in [1.29, 1.82) is 0 Å². The number of carbonyl (C=O) groups excluding carboxylic acids is 1. The Bertz CT molecular complexity index is 940. The minimum absolute atomic E-state index is 0.0392. The van der Waals surface area contributed by atoms with Crippen molar-refractivity contribution in [3.63, 3.8) is 0 Å². The summed E-state index contributed by atoms with van der Waals surface area (Å²) in [5.74, 6) is 0.513. The molecule has 2 aromatic heterocycles. The van der Waals surface area contributed by atoms with Gasteiger partial charge in [-0.25, -0.2) is 4.98 Å². The molecule has 0 saturated heterocycles. The van der Waals surface area contributed by atoms with Gasteiger partial charge in [-0.3, -0.25) is 9.78 Å². The minimum Gasteiger partial charge on any atom is -0.464 e. The maximum atomic E-state index is 12.7. The zero-order valence-electron chi connectivity index (χ0n) is 14.3. The first-order valence-corrected chi connectivity index (χ1v) is 8.35. The predicted octanol–water partition coefficient (Wildman–Crippen LogP) is 3.25. The molecule has 1 amide bonds. The van der Waals surface area contributed by atoms with Crippen molar-refractivity contribution in [2.75, 3.05) is 0 Å². The topological polar surface area (TPSA) is 55.3 Å². The number of fused-ring (bicyclic) bond motifs is 2. The largest absolute Gasteiger partial charge is 0.464 e. The maximum Gasteiger partial charge on any atom is 0.264 e. The van der Waals surface area contributed by atoms with Crippen molar-refractivity contribution in [1.82, 2.24) is 14.9 Å². The molecule has 0 aliphatic carbocycles. The second kappa shape index (κ2) is 6.16. The number of para-hydroxylation sites is 1. The molecule has 1 atom stereocenters. The lowest BCUT2D eigenvalue weighted by molar-refractivity contribution is -0.138. The van der Waals surface area contributed by atoms with Crippen LogP contribution in [0.25, 0.3) is 10.9 Å². The van der Waals surface area contributed by atoms with Gasteiger partial charge in [0.1, 0.15) is 0 Å². The van der Waals surface area contributed by atoms with Gasteiger partial charge in [0.25, 0.3) is 5.91 Å². The molecule has 0 radical (unpaired) electrons. The number of pyridine rings is 2. The molecule has 1 aliphatic heterocycles. The molecular weight excluding hydrogens is 314 g/mol. The van der Waals surface area contributed by atoms with Crippen LogP contribution in [0.4, 0.5) is 0 Å². The van der Waals surface area contributed by atoms with Crippen LogP contribution in [0.15, 0.2) is 48.8 Å². The molecule has 5 nitrogen and oxygen atoms in total. The van der Waals surface area contributed by atoms with Gasteiger partial charge in [0.2, 0.25) is 5.88 Å². The first-order valence-electron chi connectivity index (χ1n) is 8.35. The highest BCUT2D eigenvalue weighted by molar-refractivity contribution is 5.85. The Labute approximate surface area is 146 Å². The monoisotopic (exact) mass is 333 g/mol. The number of hydrogen-bond acceptors (Lipinski definition) is 4. The Morgan fingerprint density at radius 1 is 1.28 bits per heavy atom. The summed E-state index contributed by atoms with van der Waals surface area (Å²) in [7, 11) is 0. The quantitative estimate of drug-likeness (QED) is 0.722. The van der Waals surface area contributed by atoms with Gasteiger partial charge in [-0.1, -0.05) is 24.3 Å². The van der Waals surface area contributed by atoms with Crippen LogP contribution in [0.2, 0.25) is 0 Å². The minimum atomic E-state index is -0.563. The van der Waals surface area contributed by atoms with E-state index in [0.717, 1.165) is 27.6 Å². The van der Waals surface area contributed by atoms with Gasteiger partial charge in [-0.05, 0) is 37.1 Å². The number of rotatable bonds is 2. The molecule has 4 rings (SSSR count). The molecule has 0 bridgehead atoms. The molecule has 3 aromatic rings. The lowest BCUT2D eigenvalue weighted by Gasteiger charge is -2.22. The van der Waals surface area contributed by atoms with Gasteiger partial charge >= 0.3 is 0 Å². The van der Waals surface area contributed by atoms with Crippen LogP contribution in [0.3, 0.4) is 0 Å². The molecule has 0 saturated carbocycles. The summed E-state index contributed by atoms with van der Waals surface area (Å²) in [6.45, 7) is 4.79. The van der Waals surface area contributed by atoms with Crippen molar-refractivity contribution in [2.45, 2.75) is 33.0 Å². The van der Waals surface area contributed by atoms with E-state index in [1.165, 1.54) is 0 Å². The van der Waals surface area contributed by atoms with Crippen LogP contribution >= 0.6 is 0 Å². The van der Waals surface area contributed by atoms with E-state index >= 15 is 0 Å². The van der Waals surface area contributed by atoms with Gasteiger partial charge in [0, 0.05) is 29.9 Å². The average Bonchev–Trinajstić information content (AvgIpc) is 2.72. The molecule has 126 valence electrons. The summed E-state index contributed by atoms with van der Waals surface area (Å²) in [6, 6.07) is 12.0. The number of amides is 1. The van der Waals surface area contributed by atoms with Crippen molar-refractivity contribution in [3.05, 3.63) is 65.5 Å². The number of carbonyl (C=O) groups is 1. The lowest BCUT2D eigenvalue weighted by atomic mass is 10.1. The summed E-state index contributed by atoms with van der Waals surface area (Å²) in [4.78, 5) is 23.4. The van der Waals surface area contributed by atoms with E-state index in [9.17, 15) is 4.79 Å². The molecular formula is C20H19N3O2. The Balaban J connectivity index is 1.75. The van der Waals surface area contributed by atoms with E-state index in [0.29, 0.717) is 19.0 Å². The van der Waals surface area contributed by atoms with E-state index < -0.39 is 6.10 Å². The summed E-state index contributed by atoms with van der Waals surface area (Å²) in [6.07, 6.45) is 2.95. The Morgan fingerprint density at radius 3 is 2.96 bits per heavy atom. The number of ether oxygens (including phenoxy) is 1. The second-order valence-corrected chi connectivity index (χ2v) is 6.41. The third-order valence-corrected chi connectivity index (χ3v) is 4.49. The Morgan fingerprint density at radius 2 is 2.16 bits per heavy atom. The Kier molecular flexibility index (Phi) is 3.84. The highest BCUT2D eigenvalue weighted by atomic mass is 16.5. The fraction of sp³-hybridized carbons (Fsp3) is 0.250. The van der Waals surface area contributed by atoms with Crippen LogP contribution < -0.4 is 4.74 Å². The van der Waals surface area contributed by atoms with E-state index in [4.69, 9.17) is 4.74 Å². The zero-order chi connectivity index (χ0) is 17.4. The molecule has 3 heterocycles. The molecule has 0 fully saturated rings. The van der Waals surface area contributed by atoms with Crippen LogP contribution in [0, 0.1) is 6.92 Å². The van der Waals surface area contributed by atoms with E-state index in [-0.39, 0.29) is 5.91 Å². The van der Waals surface area contributed by atoms with Crippen LogP contribution in [-0.2, 0) is 17.9 Å². The SMILES string of the molecule is Cc1cccc2cc3c(nc12)OC(C)C(=O)N(Cc1cccnc1)C3. The first-order chi connectivity index (χ1) is 12.1. The van der Waals surface area contributed by atoms with E-state index in [2.05, 4.69) is 16.0 Å². The third-order valence-electron chi connectivity index (χ3n) is 4.49. The third kappa shape index (κ3) is 2.93. The highest BCUT2D eigenvalue weighted by Gasteiger charge is 2.29. The molecule has 0 N–H and O–H groups in total. The molecule has 0 spiro atoms. The predicted molar refractivity (Wildman–Crippen MR) is 95.1 cm³/mol. The number of aryl methyl sites for hydroxylation is 1. The summed E-state index contributed by atoms with van der Waals surface area (Å²) in [5.41, 5.74) is 3.94. The van der Waals surface area contributed by atoms with E-state index in [1.54, 1.807) is 24.2 Å². The standard InChI is InChI=1S/C20H19N3O2/c1-13-5-3-7-16-9-17-12-23(11-15-6-4-8-21-10-15)20(24)14(2)25-19(17)22-18(13)16/h3-10,14H,11-12H2,1-2H3. The summed E-state index contributed by atoms with van der Waals surface area (Å²) < 4.78 is 5.88. The van der Waals surface area contributed by atoms with Crippen LogP contribution in [-0.4, -0.2) is 26.9 Å². The van der Waals surface area contributed by atoms with Crippen molar-refractivity contribution in [2.24, 2.45) is 0 Å². The maximum absolute atomic E-state index is 12.7. The van der Waals surface area contributed by atoms with Crippen molar-refractivity contribution < 1.29 is 9.53 Å². The first kappa shape index (κ1) is 15.6. The average molecular weight is 333 g/mol. The number of benzene rings is 1. The molecule has 25 heavy (non-hydrogen) atoms. The molecule has 1 aliphatic rings. The van der Waals surface area contributed by atoms with Gasteiger partial charge in [-0.15, -0.1) is 0 Å². The van der Waals surface area contributed by atoms with Crippen molar-refractivity contribution >= 4 is 16.8 Å². The normalized spacial score (nSPS) is 17.1. The van der Waals surface area contributed by atoms with Gasteiger partial charge in [-0.2, -0.15) is 0 Å². The Hall–Kier alpha value is -2.95. The lowest BCUT2D eigenvalue weighted by Crippen LogP contribution is -2.37. The van der Waals surface area contributed by atoms with Crippen molar-refractivity contribution in [3.8, 4) is 5.88 Å². The molecule has 5 heteroatoms. The van der Waals surface area contributed by atoms with E-state index in [1.807, 2.05) is 37.3 Å². The summed E-state index contributed by atoms with van der Waals surface area (Å²) in [5, 5.41) is 1.06. The smallest absolute Gasteiger partial charge is 0.264 e. The fourth-order valence-electron chi connectivity index (χ4n) is 3.19. The summed E-state index contributed by atoms with van der Waals surface area (Å²) >= 11 is 0. The molecule has 1 aromatic carbocycles. The fourth-order valence-corrected chi connectivity index (χ4v) is 3.19. The van der Waals surface area contributed by atoms with Gasteiger partial charge in [0.05, 0.1) is 12.1 Å². The van der Waals surface area contributed by atoms with Gasteiger partial charge < -0.3 is 9.64 Å². The van der Waals surface area contributed by atoms with Gasteiger partial charge in [0.15, 0.2) is 6.10 Å². The highest BCUT2D eigenvalue weighted by Crippen LogP contribution is 2.29. The molecule has 1 unspecified atom stereocenters. The van der Waals surface area contributed by atoms with Crippen LogP contribution in [0.1, 0.15) is 23.6 Å². The number of hydrogen-bond donors (Lipinski definition) is 0. The number of aromatic nitrogens is 2. The zero-order valence-corrected chi connectivity index (χ0v) is 14.3. The number of nitrogens with zero attached hydrogens (tertiary/aromatic N) is 3. The second-order valence-electron chi connectivity index (χ2n) is 6.41. The van der Waals surface area contributed by atoms with Crippen LogP contribution in [0.5, 0.6) is 5.88 Å².